The largest absolute Gasteiger partial charge is 0.535 e. The molecule has 3 rings (SSSR count). The summed E-state index contributed by atoms with van der Waals surface area (Å²) in [5, 5.41) is 31.2. The first-order chi connectivity index (χ1) is 11.5. The summed E-state index contributed by atoms with van der Waals surface area (Å²) in [6.45, 7) is 2.87. The Morgan fingerprint density at radius 2 is 2.29 bits per heavy atom. The highest BCUT2D eigenvalue weighted by molar-refractivity contribution is 6.44. The van der Waals surface area contributed by atoms with Crippen LogP contribution in [0.1, 0.15) is 29.3 Å². The SMILES string of the molecule is C/C(=N\O)N1CCC(Oc2ccc3c(c2C(=O)O)OB(O)CC3)C1. The van der Waals surface area contributed by atoms with E-state index < -0.39 is 13.1 Å². The Labute approximate surface area is 139 Å². The van der Waals surface area contributed by atoms with Crippen molar-refractivity contribution in [2.24, 2.45) is 5.16 Å². The first-order valence-corrected chi connectivity index (χ1v) is 7.83. The van der Waals surface area contributed by atoms with Gasteiger partial charge < -0.3 is 29.6 Å². The van der Waals surface area contributed by atoms with Crippen LogP contribution in [0.2, 0.25) is 6.32 Å². The molecule has 1 fully saturated rings. The average Bonchev–Trinajstić information content (AvgIpc) is 3.01. The molecule has 0 amide bonds. The van der Waals surface area contributed by atoms with E-state index in [1.54, 1.807) is 19.1 Å². The zero-order valence-electron chi connectivity index (χ0n) is 13.3. The zero-order chi connectivity index (χ0) is 17.3. The zero-order valence-corrected chi connectivity index (χ0v) is 13.3. The lowest BCUT2D eigenvalue weighted by molar-refractivity contribution is 0.0686. The Kier molecular flexibility index (Phi) is 4.52. The van der Waals surface area contributed by atoms with Crippen LogP contribution in [0.25, 0.3) is 0 Å². The number of hydrogen-bond acceptors (Lipinski definition) is 6. The summed E-state index contributed by atoms with van der Waals surface area (Å²) in [5.74, 6) is -0.252. The lowest BCUT2D eigenvalue weighted by Gasteiger charge is -2.24. The molecule has 0 aliphatic carbocycles. The Bertz CT molecular complexity index is 680. The predicted molar refractivity (Wildman–Crippen MR) is 86.0 cm³/mol. The summed E-state index contributed by atoms with van der Waals surface area (Å²) in [5.41, 5.74) is 0.693. The van der Waals surface area contributed by atoms with E-state index in [2.05, 4.69) is 5.16 Å². The van der Waals surface area contributed by atoms with E-state index in [1.807, 2.05) is 4.90 Å². The molecule has 1 aromatic carbocycles. The lowest BCUT2D eigenvalue weighted by atomic mass is 9.78. The van der Waals surface area contributed by atoms with Gasteiger partial charge in [0.1, 0.15) is 29.0 Å². The van der Waals surface area contributed by atoms with Gasteiger partial charge in [0.05, 0.1) is 6.54 Å². The van der Waals surface area contributed by atoms with Crippen molar-refractivity contribution in [3.05, 3.63) is 23.3 Å². The molecule has 0 spiro atoms. The minimum absolute atomic E-state index is 0.0581. The second-order valence-corrected chi connectivity index (χ2v) is 5.97. The van der Waals surface area contributed by atoms with Crippen LogP contribution in [0.4, 0.5) is 0 Å². The molecule has 128 valence electrons. The van der Waals surface area contributed by atoms with E-state index in [0.717, 1.165) is 5.56 Å². The molecule has 1 unspecified atom stereocenters. The number of carboxylic acids is 1. The van der Waals surface area contributed by atoms with E-state index in [9.17, 15) is 14.9 Å². The average molecular weight is 334 g/mol. The van der Waals surface area contributed by atoms with Crippen LogP contribution >= 0.6 is 0 Å². The van der Waals surface area contributed by atoms with Gasteiger partial charge in [-0.15, -0.1) is 0 Å². The number of amidine groups is 1. The van der Waals surface area contributed by atoms with Gasteiger partial charge in [-0.2, -0.15) is 0 Å². The molecule has 3 N–H and O–H groups in total. The lowest BCUT2D eigenvalue weighted by Crippen LogP contribution is -2.30. The third-order valence-corrected chi connectivity index (χ3v) is 4.37. The van der Waals surface area contributed by atoms with Crippen molar-refractivity contribution in [3.63, 3.8) is 0 Å². The normalized spacial score (nSPS) is 20.6. The monoisotopic (exact) mass is 334 g/mol. The first kappa shape index (κ1) is 16.4. The summed E-state index contributed by atoms with van der Waals surface area (Å²) >= 11 is 0. The number of ether oxygens (including phenoxy) is 1. The number of likely N-dealkylation sites (tertiary alicyclic amines) is 1. The molecule has 2 aliphatic rings. The second kappa shape index (κ2) is 6.60. The minimum atomic E-state index is -1.15. The topological polar surface area (TPSA) is 112 Å². The fraction of sp³-hybridized carbons (Fsp3) is 0.467. The van der Waals surface area contributed by atoms with Crippen LogP contribution in [-0.2, 0) is 6.42 Å². The van der Waals surface area contributed by atoms with Crippen LogP contribution in [0, 0.1) is 0 Å². The van der Waals surface area contributed by atoms with Crippen LogP contribution in [0.3, 0.4) is 0 Å². The number of hydrogen-bond donors (Lipinski definition) is 3. The molecule has 0 aromatic heterocycles. The number of fused-ring (bicyclic) bond motifs is 1. The molecular weight excluding hydrogens is 315 g/mol. The molecular formula is C15H19BN2O6. The molecule has 0 radical (unpaired) electrons. The van der Waals surface area contributed by atoms with Crippen molar-refractivity contribution >= 4 is 18.9 Å². The van der Waals surface area contributed by atoms with Crippen molar-refractivity contribution in [3.8, 4) is 11.5 Å². The smallest absolute Gasteiger partial charge is 0.522 e. The maximum atomic E-state index is 11.7. The molecule has 2 heterocycles. The number of aryl methyl sites for hydroxylation is 1. The van der Waals surface area contributed by atoms with Crippen LogP contribution in [-0.4, -0.2) is 58.4 Å². The van der Waals surface area contributed by atoms with E-state index in [0.29, 0.717) is 38.1 Å². The van der Waals surface area contributed by atoms with Gasteiger partial charge in [-0.1, -0.05) is 11.2 Å². The van der Waals surface area contributed by atoms with Crippen molar-refractivity contribution in [2.75, 3.05) is 13.1 Å². The Hall–Kier alpha value is -2.42. The molecule has 8 nitrogen and oxygen atoms in total. The summed E-state index contributed by atoms with van der Waals surface area (Å²) in [7, 11) is -1.00. The predicted octanol–water partition coefficient (Wildman–Crippen LogP) is 1.06. The Morgan fingerprint density at radius 3 is 3.00 bits per heavy atom. The van der Waals surface area contributed by atoms with Crippen LogP contribution in [0.5, 0.6) is 11.5 Å². The van der Waals surface area contributed by atoms with Gasteiger partial charge in [0.2, 0.25) is 0 Å². The van der Waals surface area contributed by atoms with Crippen LogP contribution < -0.4 is 9.39 Å². The maximum Gasteiger partial charge on any atom is 0.522 e. The number of oxime groups is 1. The van der Waals surface area contributed by atoms with Gasteiger partial charge in [-0.05, 0) is 31.3 Å². The van der Waals surface area contributed by atoms with Gasteiger partial charge in [-0.25, -0.2) is 4.79 Å². The molecule has 24 heavy (non-hydrogen) atoms. The summed E-state index contributed by atoms with van der Waals surface area (Å²) in [6.07, 6.45) is 1.46. The van der Waals surface area contributed by atoms with Crippen molar-refractivity contribution in [1.29, 1.82) is 0 Å². The molecule has 1 saturated heterocycles. The quantitative estimate of drug-likeness (QED) is 0.249. The number of rotatable bonds is 3. The number of benzene rings is 1. The van der Waals surface area contributed by atoms with Gasteiger partial charge >= 0.3 is 13.1 Å². The number of nitrogens with zero attached hydrogens (tertiary/aromatic N) is 2. The molecule has 1 aromatic rings. The molecule has 0 bridgehead atoms. The minimum Gasteiger partial charge on any atom is -0.535 e. The van der Waals surface area contributed by atoms with Crippen LogP contribution in [0.15, 0.2) is 17.3 Å². The van der Waals surface area contributed by atoms with Crippen molar-refractivity contribution in [1.82, 2.24) is 4.90 Å². The van der Waals surface area contributed by atoms with Gasteiger partial charge in [0.25, 0.3) is 0 Å². The van der Waals surface area contributed by atoms with Gasteiger partial charge in [0.15, 0.2) is 0 Å². The third kappa shape index (κ3) is 3.12. The summed E-state index contributed by atoms with van der Waals surface area (Å²) in [4.78, 5) is 13.6. The Balaban J connectivity index is 1.84. The van der Waals surface area contributed by atoms with E-state index >= 15 is 0 Å². The first-order valence-electron chi connectivity index (χ1n) is 7.83. The third-order valence-electron chi connectivity index (χ3n) is 4.37. The van der Waals surface area contributed by atoms with Crippen molar-refractivity contribution in [2.45, 2.75) is 32.2 Å². The summed E-state index contributed by atoms with van der Waals surface area (Å²) < 4.78 is 11.2. The highest BCUT2D eigenvalue weighted by Gasteiger charge is 2.32. The van der Waals surface area contributed by atoms with E-state index in [1.165, 1.54) is 0 Å². The number of carboxylic acid groups (broad SMARTS) is 1. The standard InChI is InChI=1S/C15H19BN2O6/c1-9(17-22)18-7-5-11(8-18)23-12-3-2-10-4-6-16(21)24-14(10)13(12)15(19)20/h2-3,11,21-22H,4-8H2,1H3,(H,19,20)/b17-9+. The highest BCUT2D eigenvalue weighted by atomic mass is 16.5. The van der Waals surface area contributed by atoms with Gasteiger partial charge in [-0.3, -0.25) is 0 Å². The van der Waals surface area contributed by atoms with E-state index in [-0.39, 0.29) is 23.2 Å². The Morgan fingerprint density at radius 1 is 1.50 bits per heavy atom. The molecule has 9 heteroatoms. The molecule has 1 atom stereocenters. The fourth-order valence-electron chi connectivity index (χ4n) is 3.08. The fourth-order valence-corrected chi connectivity index (χ4v) is 3.08. The molecule has 2 aliphatic heterocycles. The maximum absolute atomic E-state index is 11.7. The summed E-state index contributed by atoms with van der Waals surface area (Å²) in [6, 6.07) is 3.41. The molecule has 0 saturated carbocycles. The van der Waals surface area contributed by atoms with E-state index in [4.69, 9.17) is 14.6 Å². The number of carbonyl (C=O) groups is 1. The number of aromatic carboxylic acids is 1. The second-order valence-electron chi connectivity index (χ2n) is 5.97. The van der Waals surface area contributed by atoms with Gasteiger partial charge in [0, 0.05) is 13.0 Å². The van der Waals surface area contributed by atoms with Crippen molar-refractivity contribution < 1.29 is 29.5 Å². The highest BCUT2D eigenvalue weighted by Crippen LogP contribution is 2.37.